The van der Waals surface area contributed by atoms with Crippen molar-refractivity contribution in [1.29, 1.82) is 0 Å². The quantitative estimate of drug-likeness (QED) is 0.0481. The van der Waals surface area contributed by atoms with E-state index in [-0.39, 0.29) is 45.1 Å². The summed E-state index contributed by atoms with van der Waals surface area (Å²) in [4.78, 5) is 35.5. The number of methoxy groups -OCH3 is 4. The molecule has 0 bridgehead atoms. The fourth-order valence-corrected chi connectivity index (χ4v) is 7.43. The first-order valence-electron chi connectivity index (χ1n) is 16.7. The fourth-order valence-electron chi connectivity index (χ4n) is 5.31. The molecule has 0 atom stereocenters. The minimum Gasteiger partial charge on any atom is -0.494 e. The van der Waals surface area contributed by atoms with Crippen molar-refractivity contribution in [3.63, 3.8) is 0 Å². The summed E-state index contributed by atoms with van der Waals surface area (Å²) in [6.07, 6.45) is 6.56. The number of ether oxygens (including phenoxy) is 4. The van der Waals surface area contributed by atoms with E-state index in [2.05, 4.69) is 29.9 Å². The SMILES string of the molecule is COc1cc(OC)c(F)c(-c2cc3cnc(SC)nc3c(=O)[nH]2)c1F.COc1cc(OC)c(F)c(-c2cc3cnc(SC)nc3c(Cl)n2)c1F.O=P(Cl)(Cl)c1ccccc1. The molecule has 4 aromatic heterocycles. The second-order valence-electron chi connectivity index (χ2n) is 11.6. The van der Waals surface area contributed by atoms with E-state index in [0.29, 0.717) is 31.9 Å². The predicted molar refractivity (Wildman–Crippen MR) is 228 cm³/mol. The number of pyridine rings is 2. The molecule has 0 aliphatic rings. The van der Waals surface area contributed by atoms with Gasteiger partial charge in [-0.3, -0.25) is 9.36 Å². The maximum absolute atomic E-state index is 14.6. The van der Waals surface area contributed by atoms with Crippen molar-refractivity contribution < 1.29 is 41.1 Å². The van der Waals surface area contributed by atoms with E-state index in [4.69, 9.17) is 53.0 Å². The average Bonchev–Trinajstić information content (AvgIpc) is 3.24. The van der Waals surface area contributed by atoms with Gasteiger partial charge < -0.3 is 23.9 Å². The van der Waals surface area contributed by atoms with Crippen molar-refractivity contribution >= 4 is 90.6 Å². The number of hydrogen-bond donors (Lipinski definition) is 1. The summed E-state index contributed by atoms with van der Waals surface area (Å²) < 4.78 is 89.2. The van der Waals surface area contributed by atoms with Crippen LogP contribution in [-0.2, 0) is 4.57 Å². The van der Waals surface area contributed by atoms with Crippen molar-refractivity contribution in [2.24, 2.45) is 0 Å². The molecule has 3 aromatic carbocycles. The number of fused-ring (bicyclic) bond motifs is 2. The van der Waals surface area contributed by atoms with Gasteiger partial charge in [-0.2, -0.15) is 0 Å². The van der Waals surface area contributed by atoms with Crippen LogP contribution in [0.1, 0.15) is 0 Å². The second-order valence-corrected chi connectivity index (χ2v) is 18.4. The zero-order valence-electron chi connectivity index (χ0n) is 31.9. The number of benzene rings is 3. The number of nitrogens with zero attached hydrogens (tertiary/aromatic N) is 5. The highest BCUT2D eigenvalue weighted by Crippen LogP contribution is 2.55. The zero-order valence-corrected chi connectivity index (χ0v) is 36.7. The third-order valence-corrected chi connectivity index (χ3v) is 11.6. The highest BCUT2D eigenvalue weighted by molar-refractivity contribution is 8.13. The van der Waals surface area contributed by atoms with Gasteiger partial charge in [0.15, 0.2) is 61.7 Å². The monoisotopic (exact) mass is 942 g/mol. The number of nitrogens with one attached hydrogen (secondary N) is 1. The van der Waals surface area contributed by atoms with Crippen LogP contribution < -0.4 is 29.8 Å². The second kappa shape index (κ2) is 20.1. The normalized spacial score (nSPS) is 11.0. The van der Waals surface area contributed by atoms with E-state index >= 15 is 0 Å². The number of H-pyrrole nitrogens is 1. The maximum Gasteiger partial charge on any atom is 0.281 e. The fraction of sp³-hybridized carbons (Fsp3) is 0.158. The van der Waals surface area contributed by atoms with Crippen LogP contribution in [0.4, 0.5) is 17.6 Å². The lowest BCUT2D eigenvalue weighted by Crippen LogP contribution is -2.11. The van der Waals surface area contributed by atoms with Crippen LogP contribution in [0.2, 0.25) is 5.15 Å². The van der Waals surface area contributed by atoms with E-state index in [1.165, 1.54) is 76.5 Å². The molecule has 7 aromatic rings. The van der Waals surface area contributed by atoms with Gasteiger partial charge in [-0.05, 0) is 59.3 Å². The lowest BCUT2D eigenvalue weighted by atomic mass is 10.1. The number of aromatic nitrogens is 6. The topological polar surface area (TPSA) is 151 Å². The summed E-state index contributed by atoms with van der Waals surface area (Å²) in [5.74, 6) is -7.51. The smallest absolute Gasteiger partial charge is 0.281 e. The Kier molecular flexibility index (Phi) is 15.5. The van der Waals surface area contributed by atoms with Crippen LogP contribution in [0.25, 0.3) is 44.3 Å². The molecular weight excluding hydrogens is 914 g/mol. The highest BCUT2D eigenvalue weighted by atomic mass is 35.9. The van der Waals surface area contributed by atoms with E-state index < -0.39 is 45.8 Å². The third-order valence-electron chi connectivity index (χ3n) is 8.15. The van der Waals surface area contributed by atoms with Crippen molar-refractivity contribution in [3.05, 3.63) is 106 Å². The van der Waals surface area contributed by atoms with E-state index in [1.54, 1.807) is 30.5 Å². The molecule has 314 valence electrons. The Morgan fingerprint density at radius 3 is 1.53 bits per heavy atom. The molecule has 0 amide bonds. The molecule has 0 aliphatic heterocycles. The molecule has 7 rings (SSSR count). The number of hydrogen-bond acceptors (Lipinski definition) is 13. The van der Waals surface area contributed by atoms with Gasteiger partial charge in [0.1, 0.15) is 11.0 Å². The first-order chi connectivity index (χ1) is 28.6. The first kappa shape index (κ1) is 46.2. The maximum atomic E-state index is 14.6. The Balaban J connectivity index is 0.000000186. The van der Waals surface area contributed by atoms with Crippen LogP contribution in [0.3, 0.4) is 0 Å². The molecule has 60 heavy (non-hydrogen) atoms. The van der Waals surface area contributed by atoms with Crippen molar-refractivity contribution in [3.8, 4) is 45.5 Å². The number of thioether (sulfide) groups is 2. The Hall–Kier alpha value is -4.84. The summed E-state index contributed by atoms with van der Waals surface area (Å²) in [5, 5.41) is 2.31. The first-order valence-corrected chi connectivity index (χ1v) is 23.0. The van der Waals surface area contributed by atoms with Gasteiger partial charge in [0.25, 0.3) is 11.4 Å². The van der Waals surface area contributed by atoms with Gasteiger partial charge in [0.05, 0.1) is 51.0 Å². The van der Waals surface area contributed by atoms with Gasteiger partial charge >= 0.3 is 0 Å². The molecule has 4 heterocycles. The number of rotatable bonds is 9. The molecule has 0 aliphatic carbocycles. The third kappa shape index (κ3) is 10.2. The molecular formula is C38H30Cl3F4N6O6PS2. The van der Waals surface area contributed by atoms with Crippen molar-refractivity contribution in [1.82, 2.24) is 29.9 Å². The van der Waals surface area contributed by atoms with E-state index in [9.17, 15) is 26.9 Å². The lowest BCUT2D eigenvalue weighted by molar-refractivity contribution is 0.359. The molecule has 0 fully saturated rings. The van der Waals surface area contributed by atoms with Crippen molar-refractivity contribution in [2.45, 2.75) is 10.3 Å². The summed E-state index contributed by atoms with van der Waals surface area (Å²) in [6.45, 7) is 0. The Morgan fingerprint density at radius 2 is 1.10 bits per heavy atom. The molecule has 1 N–H and O–H groups in total. The van der Waals surface area contributed by atoms with Crippen LogP contribution >= 0.6 is 63.5 Å². The van der Waals surface area contributed by atoms with Gasteiger partial charge in [0, 0.05) is 40.6 Å². The van der Waals surface area contributed by atoms with Gasteiger partial charge in [-0.1, -0.05) is 53.3 Å². The standard InChI is InChI=1S/C16H12ClF2N3O2S.C16H13F2N3O3S.C6H5Cl2OP/c1-23-9-5-10(24-2)13(19)11(12(9)18)8-4-7-6-20-16(25-3)22-14(7)15(17)21-8;1-23-9-5-10(24-2)13(18)11(12(9)17)8-4-7-6-19-16(25-3)21-14(7)15(22)20-8;7-10(8,9)6-4-2-1-3-5-6/h4-6H,1-3H3;4-6H,1-3H3,(H,20,22);1-5H. The summed E-state index contributed by atoms with van der Waals surface area (Å²) in [5.41, 5.74) is -0.960. The molecule has 12 nitrogen and oxygen atoms in total. The van der Waals surface area contributed by atoms with Crippen LogP contribution in [0.15, 0.2) is 82.1 Å². The van der Waals surface area contributed by atoms with Crippen molar-refractivity contribution in [2.75, 3.05) is 41.0 Å². The molecule has 0 saturated carbocycles. The summed E-state index contributed by atoms with van der Waals surface area (Å²) in [6, 6.07) is 13.7. The van der Waals surface area contributed by atoms with Crippen LogP contribution in [0.5, 0.6) is 23.0 Å². The van der Waals surface area contributed by atoms with Crippen LogP contribution in [-0.4, -0.2) is 70.9 Å². The Labute approximate surface area is 362 Å². The zero-order chi connectivity index (χ0) is 43.9. The minimum absolute atomic E-state index is 0.00907. The van der Waals surface area contributed by atoms with Gasteiger partial charge in [0.2, 0.25) is 0 Å². The molecule has 0 spiro atoms. The van der Waals surface area contributed by atoms with Gasteiger partial charge in [-0.15, -0.1) is 0 Å². The number of halogens is 7. The van der Waals surface area contributed by atoms with Gasteiger partial charge in [-0.25, -0.2) is 42.5 Å². The Bertz CT molecular complexity index is 2760. The van der Waals surface area contributed by atoms with E-state index in [1.807, 2.05) is 12.3 Å². The van der Waals surface area contributed by atoms with Crippen LogP contribution in [0, 0.1) is 23.3 Å². The Morgan fingerprint density at radius 1 is 0.650 bits per heavy atom. The number of aromatic amines is 1. The molecule has 0 saturated heterocycles. The minimum atomic E-state index is -3.07. The average molecular weight is 944 g/mol. The summed E-state index contributed by atoms with van der Waals surface area (Å²) >= 11 is 19.6. The van der Waals surface area contributed by atoms with E-state index in [0.717, 1.165) is 12.1 Å². The lowest BCUT2D eigenvalue weighted by Gasteiger charge is -2.13. The highest BCUT2D eigenvalue weighted by Gasteiger charge is 2.25. The predicted octanol–water partition coefficient (Wildman–Crippen LogP) is 10.3. The molecule has 0 unspecified atom stereocenters. The summed E-state index contributed by atoms with van der Waals surface area (Å²) in [7, 11) is 5.05. The largest absolute Gasteiger partial charge is 0.494 e. The molecule has 0 radical (unpaired) electrons. The molecule has 22 heteroatoms.